The van der Waals surface area contributed by atoms with Crippen molar-refractivity contribution in [3.63, 3.8) is 0 Å². The van der Waals surface area contributed by atoms with E-state index in [-0.39, 0.29) is 24.0 Å². The highest BCUT2D eigenvalue weighted by Crippen LogP contribution is 2.06. The molecule has 1 amide bonds. The molecule has 2 aromatic rings. The summed E-state index contributed by atoms with van der Waals surface area (Å²) < 4.78 is 13.5. The minimum atomic E-state index is -0.383. The Morgan fingerprint density at radius 2 is 2.00 bits per heavy atom. The first kappa shape index (κ1) is 15.9. The number of halogens is 1. The number of carbonyl (C=O) groups is 1. The van der Waals surface area contributed by atoms with Crippen LogP contribution in [0.15, 0.2) is 36.7 Å². The number of rotatable bonds is 6. The first-order valence-electron chi connectivity index (χ1n) is 7.14. The molecule has 2 rings (SSSR count). The molecular formula is C16H19FN4O. The van der Waals surface area contributed by atoms with E-state index in [2.05, 4.69) is 34.4 Å². The van der Waals surface area contributed by atoms with Crippen molar-refractivity contribution >= 4 is 11.7 Å². The highest BCUT2D eigenvalue weighted by molar-refractivity contribution is 5.91. The molecule has 0 aliphatic carbocycles. The van der Waals surface area contributed by atoms with Crippen molar-refractivity contribution in [2.24, 2.45) is 5.92 Å². The molecule has 0 fully saturated rings. The standard InChI is InChI=1S/C16H19FN4O/c1-11(2)7-19-15-10-18-14(9-20-15)16(22)21-8-12-5-3-4-6-13(12)17/h3-6,9-11H,7-8H2,1-2H3,(H,19,20)(H,21,22). The molecule has 0 unspecified atom stereocenters. The summed E-state index contributed by atoms with van der Waals surface area (Å²) in [5, 5.41) is 5.74. The van der Waals surface area contributed by atoms with Gasteiger partial charge in [0.05, 0.1) is 12.4 Å². The third-order valence-corrected chi connectivity index (χ3v) is 2.97. The lowest BCUT2D eigenvalue weighted by molar-refractivity contribution is 0.0945. The Hall–Kier alpha value is -2.50. The molecule has 0 radical (unpaired) electrons. The number of amides is 1. The van der Waals surface area contributed by atoms with E-state index >= 15 is 0 Å². The van der Waals surface area contributed by atoms with Gasteiger partial charge in [-0.05, 0) is 12.0 Å². The van der Waals surface area contributed by atoms with Crippen LogP contribution in [0.5, 0.6) is 0 Å². The maximum Gasteiger partial charge on any atom is 0.271 e. The molecule has 0 saturated heterocycles. The van der Waals surface area contributed by atoms with Gasteiger partial charge >= 0.3 is 0 Å². The molecule has 0 aliphatic rings. The molecule has 2 N–H and O–H groups in total. The smallest absolute Gasteiger partial charge is 0.271 e. The van der Waals surface area contributed by atoms with Gasteiger partial charge in [-0.15, -0.1) is 0 Å². The zero-order valence-electron chi connectivity index (χ0n) is 12.6. The van der Waals surface area contributed by atoms with Gasteiger partial charge in [0, 0.05) is 18.7 Å². The maximum absolute atomic E-state index is 13.5. The summed E-state index contributed by atoms with van der Waals surface area (Å²) in [6, 6.07) is 6.31. The van der Waals surface area contributed by atoms with Crippen molar-refractivity contribution in [3.8, 4) is 0 Å². The SMILES string of the molecule is CC(C)CNc1cnc(C(=O)NCc2ccccc2F)cn1. The fourth-order valence-corrected chi connectivity index (χ4v) is 1.75. The molecule has 1 heterocycles. The van der Waals surface area contributed by atoms with Crippen LogP contribution in [0.3, 0.4) is 0 Å². The Balaban J connectivity index is 1.91. The van der Waals surface area contributed by atoms with E-state index in [1.54, 1.807) is 18.2 Å². The molecule has 0 saturated carbocycles. The topological polar surface area (TPSA) is 66.9 Å². The normalized spacial score (nSPS) is 10.5. The number of hydrogen-bond donors (Lipinski definition) is 2. The first-order valence-corrected chi connectivity index (χ1v) is 7.14. The van der Waals surface area contributed by atoms with E-state index in [4.69, 9.17) is 0 Å². The number of benzene rings is 1. The Bertz CT molecular complexity index is 628. The highest BCUT2D eigenvalue weighted by Gasteiger charge is 2.09. The molecule has 0 atom stereocenters. The summed E-state index contributed by atoms with van der Waals surface area (Å²) in [6.07, 6.45) is 2.92. The van der Waals surface area contributed by atoms with Gasteiger partial charge in [0.2, 0.25) is 0 Å². The zero-order valence-corrected chi connectivity index (χ0v) is 12.6. The number of aromatic nitrogens is 2. The molecule has 0 bridgehead atoms. The van der Waals surface area contributed by atoms with Gasteiger partial charge in [-0.25, -0.2) is 14.4 Å². The summed E-state index contributed by atoms with van der Waals surface area (Å²) in [5.41, 5.74) is 0.630. The Kier molecular flexibility index (Phi) is 5.41. The molecule has 5 nitrogen and oxygen atoms in total. The van der Waals surface area contributed by atoms with E-state index in [9.17, 15) is 9.18 Å². The summed E-state index contributed by atoms with van der Waals surface area (Å²) >= 11 is 0. The summed E-state index contributed by atoms with van der Waals surface area (Å²) in [4.78, 5) is 20.1. The van der Waals surface area contributed by atoms with Gasteiger partial charge in [-0.3, -0.25) is 4.79 Å². The van der Waals surface area contributed by atoms with Gasteiger partial charge in [0.1, 0.15) is 17.3 Å². The Labute approximate surface area is 129 Å². The van der Waals surface area contributed by atoms with E-state index in [0.717, 1.165) is 6.54 Å². The fraction of sp³-hybridized carbons (Fsp3) is 0.312. The average molecular weight is 302 g/mol. The second kappa shape index (κ2) is 7.49. The lowest BCUT2D eigenvalue weighted by Crippen LogP contribution is -2.24. The van der Waals surface area contributed by atoms with Gasteiger partial charge < -0.3 is 10.6 Å². The first-order chi connectivity index (χ1) is 10.6. The van der Waals surface area contributed by atoms with Crippen molar-refractivity contribution < 1.29 is 9.18 Å². The van der Waals surface area contributed by atoms with Crippen molar-refractivity contribution in [2.75, 3.05) is 11.9 Å². The van der Waals surface area contributed by atoms with Crippen LogP contribution in [0, 0.1) is 11.7 Å². The van der Waals surface area contributed by atoms with Crippen LogP contribution in [0.2, 0.25) is 0 Å². The third kappa shape index (κ3) is 4.51. The molecule has 1 aromatic carbocycles. The predicted octanol–water partition coefficient (Wildman–Crippen LogP) is 2.61. The quantitative estimate of drug-likeness (QED) is 0.861. The van der Waals surface area contributed by atoms with Crippen molar-refractivity contribution in [1.82, 2.24) is 15.3 Å². The second-order valence-corrected chi connectivity index (χ2v) is 5.34. The van der Waals surface area contributed by atoms with Crippen molar-refractivity contribution in [2.45, 2.75) is 20.4 Å². The monoisotopic (exact) mass is 302 g/mol. The number of nitrogens with zero attached hydrogens (tertiary/aromatic N) is 2. The van der Waals surface area contributed by atoms with Gasteiger partial charge in [-0.2, -0.15) is 0 Å². The van der Waals surface area contributed by atoms with Crippen LogP contribution >= 0.6 is 0 Å². The number of carbonyl (C=O) groups excluding carboxylic acids is 1. The summed E-state index contributed by atoms with van der Waals surface area (Å²) in [7, 11) is 0. The molecule has 6 heteroatoms. The van der Waals surface area contributed by atoms with E-state index in [1.165, 1.54) is 18.5 Å². The molecule has 0 aliphatic heterocycles. The number of hydrogen-bond acceptors (Lipinski definition) is 4. The largest absolute Gasteiger partial charge is 0.369 e. The van der Waals surface area contributed by atoms with Crippen molar-refractivity contribution in [1.29, 1.82) is 0 Å². The van der Waals surface area contributed by atoms with Crippen LogP contribution in [0.1, 0.15) is 29.9 Å². The van der Waals surface area contributed by atoms with Crippen LogP contribution in [0.4, 0.5) is 10.2 Å². The average Bonchev–Trinajstić information content (AvgIpc) is 2.52. The highest BCUT2D eigenvalue weighted by atomic mass is 19.1. The van der Waals surface area contributed by atoms with E-state index in [1.807, 2.05) is 0 Å². The molecule has 116 valence electrons. The minimum absolute atomic E-state index is 0.112. The van der Waals surface area contributed by atoms with Crippen LogP contribution < -0.4 is 10.6 Å². The van der Waals surface area contributed by atoms with Crippen LogP contribution in [0.25, 0.3) is 0 Å². The lowest BCUT2D eigenvalue weighted by atomic mass is 10.2. The molecule has 22 heavy (non-hydrogen) atoms. The predicted molar refractivity (Wildman–Crippen MR) is 82.9 cm³/mol. The third-order valence-electron chi connectivity index (χ3n) is 2.97. The number of nitrogens with one attached hydrogen (secondary N) is 2. The Morgan fingerprint density at radius 3 is 2.64 bits per heavy atom. The molecule has 1 aromatic heterocycles. The summed E-state index contributed by atoms with van der Waals surface area (Å²) in [5.74, 6) is 0.387. The second-order valence-electron chi connectivity index (χ2n) is 5.34. The molecular weight excluding hydrogens is 283 g/mol. The van der Waals surface area contributed by atoms with Gasteiger partial charge in [0.15, 0.2) is 0 Å². The van der Waals surface area contributed by atoms with Crippen molar-refractivity contribution in [3.05, 3.63) is 53.7 Å². The molecule has 0 spiro atoms. The minimum Gasteiger partial charge on any atom is -0.369 e. The lowest BCUT2D eigenvalue weighted by Gasteiger charge is -2.08. The van der Waals surface area contributed by atoms with Gasteiger partial charge in [-0.1, -0.05) is 32.0 Å². The van der Waals surface area contributed by atoms with E-state index < -0.39 is 0 Å². The number of anilines is 1. The zero-order chi connectivity index (χ0) is 15.9. The fourth-order valence-electron chi connectivity index (χ4n) is 1.75. The van der Waals surface area contributed by atoms with Crippen LogP contribution in [-0.4, -0.2) is 22.4 Å². The van der Waals surface area contributed by atoms with Crippen LogP contribution in [-0.2, 0) is 6.54 Å². The summed E-state index contributed by atoms with van der Waals surface area (Å²) in [6.45, 7) is 5.07. The Morgan fingerprint density at radius 1 is 1.23 bits per heavy atom. The van der Waals surface area contributed by atoms with E-state index in [0.29, 0.717) is 17.3 Å². The van der Waals surface area contributed by atoms with Gasteiger partial charge in [0.25, 0.3) is 5.91 Å². The maximum atomic E-state index is 13.5.